The van der Waals surface area contributed by atoms with Gasteiger partial charge in [0.05, 0.1) is 0 Å². The van der Waals surface area contributed by atoms with Gasteiger partial charge in [-0.1, -0.05) is 72.8 Å². The molecule has 6 aromatic rings. The van der Waals surface area contributed by atoms with Gasteiger partial charge in [0.25, 0.3) is 0 Å². The Morgan fingerprint density at radius 1 is 0.452 bits per heavy atom. The number of hydrogen-bond acceptors (Lipinski definition) is 6. The van der Waals surface area contributed by atoms with Crippen LogP contribution in [0.5, 0.6) is 11.5 Å². The molecule has 0 N–H and O–H groups in total. The molecule has 6 nitrogen and oxygen atoms in total. The van der Waals surface area contributed by atoms with Gasteiger partial charge in [-0.15, -0.1) is 0 Å². The van der Waals surface area contributed by atoms with Crippen LogP contribution in [0.25, 0.3) is 43.1 Å². The predicted molar refractivity (Wildman–Crippen MR) is 160 cm³/mol. The Morgan fingerprint density at radius 2 is 0.833 bits per heavy atom. The predicted octanol–water partition coefficient (Wildman–Crippen LogP) is 6.82. The van der Waals surface area contributed by atoms with Gasteiger partial charge >= 0.3 is 11.9 Å². The maximum atomic E-state index is 13.3. The molecule has 6 aromatic carbocycles. The molecule has 0 aromatic heterocycles. The van der Waals surface area contributed by atoms with E-state index >= 15 is 0 Å². The van der Waals surface area contributed by atoms with E-state index in [1.165, 1.54) is 0 Å². The lowest BCUT2D eigenvalue weighted by atomic mass is 9.96. The number of Topliss-reactive ketones (excluding diaryl/α,β-unsaturated/α-hetero) is 1. The highest BCUT2D eigenvalue weighted by Crippen LogP contribution is 2.32. The molecular weight excluding hydrogens is 528 g/mol. The van der Waals surface area contributed by atoms with E-state index in [0.717, 1.165) is 44.5 Å². The van der Waals surface area contributed by atoms with Gasteiger partial charge in [0.1, 0.15) is 22.6 Å². The molecule has 0 unspecified atom stereocenters. The highest BCUT2D eigenvalue weighted by atomic mass is 16.5. The van der Waals surface area contributed by atoms with Crippen molar-refractivity contribution < 1.29 is 28.7 Å². The minimum Gasteiger partial charge on any atom is -0.422 e. The quantitative estimate of drug-likeness (QED) is 0.0791. The Balaban J connectivity index is 1.16. The molecular formula is C36H20O6. The van der Waals surface area contributed by atoms with Crippen molar-refractivity contribution in [1.82, 2.24) is 0 Å². The maximum absolute atomic E-state index is 13.3. The zero-order chi connectivity index (χ0) is 28.8. The number of esters is 2. The molecule has 1 aliphatic carbocycles. The number of fused-ring (bicyclic) bond motifs is 4. The molecule has 200 valence electrons. The molecule has 0 atom stereocenters. The summed E-state index contributed by atoms with van der Waals surface area (Å²) >= 11 is 0. The summed E-state index contributed by atoms with van der Waals surface area (Å²) in [6, 6.07) is 33.8. The van der Waals surface area contributed by atoms with Crippen molar-refractivity contribution in [3.8, 4) is 11.5 Å². The first-order valence-electron chi connectivity index (χ1n) is 13.2. The lowest BCUT2D eigenvalue weighted by Gasteiger charge is -2.14. The highest BCUT2D eigenvalue weighted by molar-refractivity contribution is 6.38. The number of carbonyl (C=O) groups excluding carboxylic acids is 4. The first kappa shape index (κ1) is 25.1. The van der Waals surface area contributed by atoms with Crippen molar-refractivity contribution in [3.05, 3.63) is 132 Å². The lowest BCUT2D eigenvalue weighted by molar-refractivity contribution is -0.134. The van der Waals surface area contributed by atoms with Gasteiger partial charge in [0, 0.05) is 22.9 Å². The number of carbonyl (C=O) groups is 4. The summed E-state index contributed by atoms with van der Waals surface area (Å²) in [6.45, 7) is 0. The van der Waals surface area contributed by atoms with Gasteiger partial charge < -0.3 is 9.47 Å². The first-order valence-corrected chi connectivity index (χ1v) is 13.2. The fourth-order valence-corrected chi connectivity index (χ4v) is 5.27. The van der Waals surface area contributed by atoms with Crippen molar-refractivity contribution in [3.63, 3.8) is 0 Å². The number of benzene rings is 6. The van der Waals surface area contributed by atoms with Crippen molar-refractivity contribution in [2.24, 2.45) is 0 Å². The minimum absolute atomic E-state index is 0.228. The van der Waals surface area contributed by atoms with E-state index in [9.17, 15) is 19.2 Å². The van der Waals surface area contributed by atoms with Gasteiger partial charge in [0.15, 0.2) is 5.78 Å². The van der Waals surface area contributed by atoms with Gasteiger partial charge in [-0.2, -0.15) is 0 Å². The summed E-state index contributed by atoms with van der Waals surface area (Å²) in [5, 5.41) is 6.96. The van der Waals surface area contributed by atoms with E-state index in [1.54, 1.807) is 24.3 Å². The molecule has 1 aliphatic rings. The number of allylic oxidation sites excluding steroid dienone is 2. The second kappa shape index (κ2) is 9.94. The van der Waals surface area contributed by atoms with E-state index in [1.807, 2.05) is 84.9 Å². The molecule has 0 amide bonds. The molecule has 0 bridgehead atoms. The van der Waals surface area contributed by atoms with E-state index < -0.39 is 34.7 Å². The summed E-state index contributed by atoms with van der Waals surface area (Å²) < 4.78 is 11.2. The van der Waals surface area contributed by atoms with Crippen molar-refractivity contribution in [2.45, 2.75) is 0 Å². The third kappa shape index (κ3) is 4.41. The largest absolute Gasteiger partial charge is 0.422 e. The van der Waals surface area contributed by atoms with Gasteiger partial charge in [-0.05, 0) is 68.7 Å². The summed E-state index contributed by atoms with van der Waals surface area (Å²) in [6.07, 6.45) is 1.76. The second-order valence-electron chi connectivity index (χ2n) is 9.98. The van der Waals surface area contributed by atoms with Crippen LogP contribution in [-0.4, -0.2) is 23.5 Å². The average molecular weight is 549 g/mol. The molecule has 0 saturated heterocycles. The summed E-state index contributed by atoms with van der Waals surface area (Å²) in [5.74, 6) is -3.26. The SMILES string of the molecule is O=C1C=C(C(=O)Oc2cccc3cc4ccccc4cc23)C(=O)C(C(=O)Oc2cccc3cc4ccccc4cc23)=C1. The van der Waals surface area contributed by atoms with Crippen LogP contribution >= 0.6 is 0 Å². The van der Waals surface area contributed by atoms with Crippen LogP contribution < -0.4 is 9.47 Å². The number of hydrogen-bond donors (Lipinski definition) is 0. The monoisotopic (exact) mass is 548 g/mol. The Hall–Kier alpha value is -5.88. The smallest absolute Gasteiger partial charge is 0.347 e. The van der Waals surface area contributed by atoms with Crippen LogP contribution in [0.15, 0.2) is 132 Å². The van der Waals surface area contributed by atoms with Crippen LogP contribution in [0.4, 0.5) is 0 Å². The highest BCUT2D eigenvalue weighted by Gasteiger charge is 2.33. The van der Waals surface area contributed by atoms with Crippen LogP contribution in [0.3, 0.4) is 0 Å². The van der Waals surface area contributed by atoms with Crippen LogP contribution in [0.2, 0.25) is 0 Å². The zero-order valence-corrected chi connectivity index (χ0v) is 22.0. The van der Waals surface area contributed by atoms with E-state index in [2.05, 4.69) is 0 Å². The van der Waals surface area contributed by atoms with Gasteiger partial charge in [-0.3, -0.25) is 9.59 Å². The van der Waals surface area contributed by atoms with Crippen LogP contribution in [0, 0.1) is 0 Å². The number of ether oxygens (including phenoxy) is 2. The van der Waals surface area contributed by atoms with Gasteiger partial charge in [0.2, 0.25) is 5.78 Å². The minimum atomic E-state index is -1.04. The Bertz CT molecular complexity index is 2060. The topological polar surface area (TPSA) is 86.7 Å². The number of ketones is 2. The zero-order valence-electron chi connectivity index (χ0n) is 22.0. The molecule has 0 aliphatic heterocycles. The van der Waals surface area contributed by atoms with E-state index in [4.69, 9.17) is 9.47 Å². The standard InChI is InChI=1S/C36H20O6/c37-27-19-30(35(39)41-32-13-5-11-25-15-21-7-1-3-9-23(21)17-28(25)32)34(38)31(20-27)36(40)42-33-14-6-12-26-16-22-8-2-4-10-24(22)18-29(26)33/h1-20H. The molecule has 0 heterocycles. The molecule has 42 heavy (non-hydrogen) atoms. The normalized spacial score (nSPS) is 13.3. The fourth-order valence-electron chi connectivity index (χ4n) is 5.27. The van der Waals surface area contributed by atoms with Crippen molar-refractivity contribution in [2.75, 3.05) is 0 Å². The Labute approximate surface area is 239 Å². The average Bonchev–Trinajstić information content (AvgIpc) is 3.00. The Morgan fingerprint density at radius 3 is 1.26 bits per heavy atom. The maximum Gasteiger partial charge on any atom is 0.347 e. The summed E-state index contributed by atoms with van der Waals surface area (Å²) in [4.78, 5) is 52.3. The van der Waals surface area contributed by atoms with E-state index in [0.29, 0.717) is 10.8 Å². The Kier molecular flexibility index (Phi) is 5.95. The van der Waals surface area contributed by atoms with Crippen molar-refractivity contribution in [1.29, 1.82) is 0 Å². The summed E-state index contributed by atoms with van der Waals surface area (Å²) in [7, 11) is 0. The van der Waals surface area contributed by atoms with Crippen LogP contribution in [-0.2, 0) is 19.2 Å². The molecule has 6 heteroatoms. The second-order valence-corrected chi connectivity index (χ2v) is 9.98. The molecule has 0 fully saturated rings. The van der Waals surface area contributed by atoms with Crippen LogP contribution in [0.1, 0.15) is 0 Å². The third-order valence-electron chi connectivity index (χ3n) is 7.32. The lowest BCUT2D eigenvalue weighted by Crippen LogP contribution is -2.29. The molecule has 0 spiro atoms. The molecule has 7 rings (SSSR count). The van der Waals surface area contributed by atoms with Crippen molar-refractivity contribution >= 4 is 66.6 Å². The first-order chi connectivity index (χ1) is 20.4. The fraction of sp³-hybridized carbons (Fsp3) is 0. The molecule has 0 saturated carbocycles. The molecule has 0 radical (unpaired) electrons. The van der Waals surface area contributed by atoms with E-state index in [-0.39, 0.29) is 11.5 Å². The van der Waals surface area contributed by atoms with Gasteiger partial charge in [-0.25, -0.2) is 9.59 Å². The summed E-state index contributed by atoms with van der Waals surface area (Å²) in [5.41, 5.74) is -1.09. The third-order valence-corrected chi connectivity index (χ3v) is 7.32. The number of rotatable bonds is 4.